The van der Waals surface area contributed by atoms with Crippen LogP contribution in [0.25, 0.3) is 0 Å². The van der Waals surface area contributed by atoms with Gasteiger partial charge >= 0.3 is 6.03 Å². The fourth-order valence-electron chi connectivity index (χ4n) is 2.22. The maximum Gasteiger partial charge on any atom is 0.315 e. The predicted molar refractivity (Wildman–Crippen MR) is 86.5 cm³/mol. The van der Waals surface area contributed by atoms with Crippen LogP contribution in [0.3, 0.4) is 0 Å². The Labute approximate surface area is 129 Å². The molecule has 1 heterocycles. The minimum absolute atomic E-state index is 0.0311. The predicted octanol–water partition coefficient (Wildman–Crippen LogP) is 3.88. The van der Waals surface area contributed by atoms with Gasteiger partial charge in [-0.2, -0.15) is 0 Å². The molecule has 0 spiro atoms. The molecule has 1 aromatic carbocycles. The van der Waals surface area contributed by atoms with Gasteiger partial charge in [-0.15, -0.1) is 11.3 Å². The third-order valence-corrected chi connectivity index (χ3v) is 4.50. The van der Waals surface area contributed by atoms with E-state index in [0.29, 0.717) is 0 Å². The van der Waals surface area contributed by atoms with Crippen LogP contribution in [0.1, 0.15) is 47.8 Å². The van der Waals surface area contributed by atoms with E-state index in [1.54, 1.807) is 11.3 Å². The number of hydrogen-bond donors (Lipinski definition) is 2. The highest BCUT2D eigenvalue weighted by atomic mass is 32.1. The van der Waals surface area contributed by atoms with Crippen LogP contribution in [0, 0.1) is 13.8 Å². The van der Waals surface area contributed by atoms with Gasteiger partial charge in [0.05, 0.1) is 12.1 Å². The van der Waals surface area contributed by atoms with E-state index < -0.39 is 0 Å². The summed E-state index contributed by atoms with van der Waals surface area (Å²) in [6.45, 7) is 7.93. The summed E-state index contributed by atoms with van der Waals surface area (Å²) in [5.41, 5.74) is 3.29. The summed E-state index contributed by atoms with van der Waals surface area (Å²) < 4.78 is 0. The molecule has 21 heavy (non-hydrogen) atoms. The van der Waals surface area contributed by atoms with Crippen LogP contribution in [-0.4, -0.2) is 11.0 Å². The molecule has 2 aromatic rings. The van der Waals surface area contributed by atoms with E-state index in [4.69, 9.17) is 0 Å². The van der Waals surface area contributed by atoms with Crippen molar-refractivity contribution in [1.29, 1.82) is 0 Å². The molecule has 112 valence electrons. The molecular formula is C16H21N3OS. The van der Waals surface area contributed by atoms with Crippen molar-refractivity contribution in [1.82, 2.24) is 15.6 Å². The Kier molecular flexibility index (Phi) is 4.96. The number of urea groups is 1. The molecule has 2 amide bonds. The smallest absolute Gasteiger partial charge is 0.315 e. The summed E-state index contributed by atoms with van der Waals surface area (Å²) in [4.78, 5) is 16.5. The van der Waals surface area contributed by atoms with E-state index in [-0.39, 0.29) is 18.1 Å². The number of aromatic nitrogens is 1. The Balaban J connectivity index is 1.94. The lowest BCUT2D eigenvalue weighted by Gasteiger charge is -2.18. The van der Waals surface area contributed by atoms with Gasteiger partial charge in [0, 0.05) is 11.1 Å². The van der Waals surface area contributed by atoms with Gasteiger partial charge in [-0.3, -0.25) is 0 Å². The molecule has 0 fully saturated rings. The largest absolute Gasteiger partial charge is 0.332 e. The summed E-state index contributed by atoms with van der Waals surface area (Å²) in [6, 6.07) is 7.77. The van der Waals surface area contributed by atoms with E-state index in [9.17, 15) is 4.79 Å². The first-order valence-electron chi connectivity index (χ1n) is 7.02. The number of hydrogen-bond acceptors (Lipinski definition) is 3. The normalized spacial score (nSPS) is 13.5. The second kappa shape index (κ2) is 6.72. The quantitative estimate of drug-likeness (QED) is 0.900. The Morgan fingerprint density at radius 1 is 1.14 bits per heavy atom. The van der Waals surface area contributed by atoms with Crippen molar-refractivity contribution in [3.8, 4) is 0 Å². The van der Waals surface area contributed by atoms with Crippen molar-refractivity contribution in [3.63, 3.8) is 0 Å². The Bertz CT molecular complexity index is 623. The van der Waals surface area contributed by atoms with Crippen molar-refractivity contribution in [2.75, 3.05) is 0 Å². The average molecular weight is 303 g/mol. The topological polar surface area (TPSA) is 54.0 Å². The van der Waals surface area contributed by atoms with Crippen LogP contribution in [-0.2, 0) is 0 Å². The van der Waals surface area contributed by atoms with Crippen molar-refractivity contribution < 1.29 is 4.79 Å². The average Bonchev–Trinajstić information content (AvgIpc) is 2.85. The van der Waals surface area contributed by atoms with Crippen LogP contribution in [0.5, 0.6) is 0 Å². The lowest BCUT2D eigenvalue weighted by molar-refractivity contribution is 0.235. The van der Waals surface area contributed by atoms with Gasteiger partial charge in [0.15, 0.2) is 0 Å². The number of aryl methyl sites for hydroxylation is 2. The van der Waals surface area contributed by atoms with Gasteiger partial charge < -0.3 is 10.6 Å². The first-order valence-corrected chi connectivity index (χ1v) is 7.90. The molecule has 2 N–H and O–H groups in total. The van der Waals surface area contributed by atoms with E-state index >= 15 is 0 Å². The molecule has 5 heteroatoms. The molecule has 2 atom stereocenters. The molecule has 2 rings (SSSR count). The molecule has 0 radical (unpaired) electrons. The van der Waals surface area contributed by atoms with Crippen LogP contribution in [0.4, 0.5) is 4.79 Å². The molecule has 0 aliphatic rings. The van der Waals surface area contributed by atoms with Crippen molar-refractivity contribution in [2.24, 2.45) is 0 Å². The lowest BCUT2D eigenvalue weighted by Crippen LogP contribution is -2.38. The highest BCUT2D eigenvalue weighted by molar-refractivity contribution is 7.09. The standard InChI is InChI=1S/C16H21N3OS/c1-10-7-5-6-8-14(10)12(3)18-16(20)19-13(4)15-17-11(2)9-21-15/h5-9,12-13H,1-4H3,(H2,18,19,20). The summed E-state index contributed by atoms with van der Waals surface area (Å²) >= 11 is 1.56. The zero-order valence-electron chi connectivity index (χ0n) is 12.8. The van der Waals surface area contributed by atoms with E-state index in [1.165, 1.54) is 5.56 Å². The number of thiazole rings is 1. The fraction of sp³-hybridized carbons (Fsp3) is 0.375. The number of carbonyl (C=O) groups is 1. The first-order chi connectivity index (χ1) is 9.97. The van der Waals surface area contributed by atoms with Gasteiger partial charge in [-0.1, -0.05) is 24.3 Å². The Morgan fingerprint density at radius 2 is 1.81 bits per heavy atom. The molecule has 0 saturated carbocycles. The summed E-state index contributed by atoms with van der Waals surface area (Å²) in [5, 5.41) is 8.81. The van der Waals surface area contributed by atoms with Crippen LogP contribution >= 0.6 is 11.3 Å². The van der Waals surface area contributed by atoms with Gasteiger partial charge in [0.2, 0.25) is 0 Å². The minimum Gasteiger partial charge on any atom is -0.332 e. The molecular weight excluding hydrogens is 282 g/mol. The van der Waals surface area contributed by atoms with Gasteiger partial charge in [-0.25, -0.2) is 9.78 Å². The van der Waals surface area contributed by atoms with E-state index in [2.05, 4.69) is 15.6 Å². The first kappa shape index (κ1) is 15.5. The monoisotopic (exact) mass is 303 g/mol. The second-order valence-corrected chi connectivity index (χ2v) is 6.13. The van der Waals surface area contributed by atoms with Gasteiger partial charge in [0.1, 0.15) is 5.01 Å². The molecule has 0 aliphatic heterocycles. The lowest BCUT2D eigenvalue weighted by atomic mass is 10.0. The molecule has 0 saturated heterocycles. The van der Waals surface area contributed by atoms with Crippen molar-refractivity contribution >= 4 is 17.4 Å². The summed E-state index contributed by atoms with van der Waals surface area (Å²) in [6.07, 6.45) is 0. The minimum atomic E-state index is -0.175. The van der Waals surface area contributed by atoms with Gasteiger partial charge in [0.25, 0.3) is 0 Å². The molecule has 0 bridgehead atoms. The maximum atomic E-state index is 12.1. The molecule has 2 unspecified atom stereocenters. The third-order valence-electron chi connectivity index (χ3n) is 3.36. The molecule has 4 nitrogen and oxygen atoms in total. The molecule has 1 aromatic heterocycles. The summed E-state index contributed by atoms with van der Waals surface area (Å²) in [7, 11) is 0. The summed E-state index contributed by atoms with van der Waals surface area (Å²) in [5.74, 6) is 0. The highest BCUT2D eigenvalue weighted by Gasteiger charge is 2.15. The molecule has 0 aliphatic carbocycles. The maximum absolute atomic E-state index is 12.1. The zero-order valence-corrected chi connectivity index (χ0v) is 13.6. The van der Waals surface area contributed by atoms with E-state index in [1.807, 2.05) is 57.3 Å². The Morgan fingerprint density at radius 3 is 2.43 bits per heavy atom. The van der Waals surface area contributed by atoms with Crippen LogP contribution in [0.15, 0.2) is 29.6 Å². The second-order valence-electron chi connectivity index (χ2n) is 5.24. The number of carbonyl (C=O) groups excluding carboxylic acids is 1. The van der Waals surface area contributed by atoms with Crippen LogP contribution in [0.2, 0.25) is 0 Å². The number of nitrogens with zero attached hydrogens (tertiary/aromatic N) is 1. The van der Waals surface area contributed by atoms with Crippen LogP contribution < -0.4 is 10.6 Å². The van der Waals surface area contributed by atoms with Crippen molar-refractivity contribution in [3.05, 3.63) is 51.5 Å². The highest BCUT2D eigenvalue weighted by Crippen LogP contribution is 2.19. The number of amides is 2. The van der Waals surface area contributed by atoms with E-state index in [0.717, 1.165) is 16.3 Å². The number of nitrogens with one attached hydrogen (secondary N) is 2. The van der Waals surface area contributed by atoms with Crippen molar-refractivity contribution in [2.45, 2.75) is 39.8 Å². The third kappa shape index (κ3) is 4.04. The number of rotatable bonds is 4. The SMILES string of the molecule is Cc1csc(C(C)NC(=O)NC(C)c2ccccc2C)n1. The Hall–Kier alpha value is -1.88. The zero-order chi connectivity index (χ0) is 15.4. The fourth-order valence-corrected chi connectivity index (χ4v) is 3.02. The number of benzene rings is 1. The van der Waals surface area contributed by atoms with Gasteiger partial charge in [-0.05, 0) is 38.8 Å².